The fraction of sp³-hybridized carbons (Fsp3) is 0.471. The summed E-state index contributed by atoms with van der Waals surface area (Å²) in [5, 5.41) is 9.59. The van der Waals surface area contributed by atoms with Gasteiger partial charge in [0.1, 0.15) is 0 Å². The van der Waals surface area contributed by atoms with Crippen LogP contribution >= 0.6 is 11.6 Å². The summed E-state index contributed by atoms with van der Waals surface area (Å²) in [5.41, 5.74) is 1.29. The van der Waals surface area contributed by atoms with Crippen LogP contribution in [0.4, 0.5) is 0 Å². The van der Waals surface area contributed by atoms with Gasteiger partial charge in [-0.2, -0.15) is 0 Å². The molecule has 130 valence electrons. The van der Waals surface area contributed by atoms with E-state index in [0.717, 1.165) is 5.56 Å². The van der Waals surface area contributed by atoms with Gasteiger partial charge < -0.3 is 14.9 Å². The number of aryl methyl sites for hydroxylation is 1. The van der Waals surface area contributed by atoms with Crippen molar-refractivity contribution in [2.45, 2.75) is 19.8 Å². The molecule has 1 heterocycles. The molecular weight excluding hydrogens is 332 g/mol. The molecule has 0 aliphatic carbocycles. The van der Waals surface area contributed by atoms with Crippen LogP contribution in [-0.4, -0.2) is 59.4 Å². The van der Waals surface area contributed by atoms with Crippen LogP contribution < -0.4 is 0 Å². The Hall–Kier alpha value is -2.08. The maximum Gasteiger partial charge on any atom is 0.308 e. The van der Waals surface area contributed by atoms with Gasteiger partial charge in [0, 0.05) is 30.7 Å². The number of carboxylic acids is 1. The van der Waals surface area contributed by atoms with Crippen LogP contribution in [0.2, 0.25) is 5.02 Å². The number of carboxylic acid groups (broad SMARTS) is 1. The molecule has 2 amide bonds. The summed E-state index contributed by atoms with van der Waals surface area (Å²) in [6, 6.07) is 5.01. The van der Waals surface area contributed by atoms with Gasteiger partial charge in [0.15, 0.2) is 0 Å². The van der Waals surface area contributed by atoms with Crippen LogP contribution in [0.15, 0.2) is 18.2 Å². The van der Waals surface area contributed by atoms with E-state index < -0.39 is 11.9 Å². The molecule has 1 N–H and O–H groups in total. The molecule has 0 saturated carbocycles. The number of piperidine rings is 1. The Morgan fingerprint density at radius 3 is 2.71 bits per heavy atom. The van der Waals surface area contributed by atoms with E-state index in [-0.39, 0.29) is 24.9 Å². The van der Waals surface area contributed by atoms with Crippen molar-refractivity contribution in [2.24, 2.45) is 5.92 Å². The van der Waals surface area contributed by atoms with Gasteiger partial charge in [0.2, 0.25) is 5.91 Å². The van der Waals surface area contributed by atoms with E-state index in [1.807, 2.05) is 6.92 Å². The summed E-state index contributed by atoms with van der Waals surface area (Å²) in [6.07, 6.45) is 1.24. The smallest absolute Gasteiger partial charge is 0.308 e. The first kappa shape index (κ1) is 18.3. The third-order valence-corrected chi connectivity index (χ3v) is 4.67. The Labute approximate surface area is 146 Å². The van der Waals surface area contributed by atoms with Crippen molar-refractivity contribution >= 4 is 29.4 Å². The standard InChI is InChI=1S/C17H21ClN2O4/c1-11-5-6-12(8-14(11)18)16(22)19(2)10-15(21)20-7-3-4-13(9-20)17(23)24/h5-6,8,13H,3-4,7,9-10H2,1-2H3,(H,23,24). The second kappa shape index (κ2) is 7.66. The molecule has 6 nitrogen and oxygen atoms in total. The number of halogens is 1. The lowest BCUT2D eigenvalue weighted by Crippen LogP contribution is -2.46. The molecule has 1 unspecified atom stereocenters. The van der Waals surface area contributed by atoms with Crippen molar-refractivity contribution < 1.29 is 19.5 Å². The van der Waals surface area contributed by atoms with E-state index in [9.17, 15) is 14.4 Å². The lowest BCUT2D eigenvalue weighted by Gasteiger charge is -2.32. The minimum absolute atomic E-state index is 0.0866. The Morgan fingerprint density at radius 1 is 1.38 bits per heavy atom. The average molecular weight is 353 g/mol. The summed E-state index contributed by atoms with van der Waals surface area (Å²) >= 11 is 6.03. The molecule has 1 saturated heterocycles. The molecule has 1 aromatic carbocycles. The molecule has 0 spiro atoms. The summed E-state index contributed by atoms with van der Waals surface area (Å²) in [6.45, 7) is 2.49. The molecule has 1 atom stereocenters. The second-order valence-electron chi connectivity index (χ2n) is 6.14. The van der Waals surface area contributed by atoms with Crippen molar-refractivity contribution in [1.29, 1.82) is 0 Å². The molecule has 0 radical (unpaired) electrons. The van der Waals surface area contributed by atoms with Gasteiger partial charge in [-0.05, 0) is 37.5 Å². The van der Waals surface area contributed by atoms with Gasteiger partial charge in [-0.3, -0.25) is 14.4 Å². The van der Waals surface area contributed by atoms with Crippen LogP contribution in [0.3, 0.4) is 0 Å². The number of carbonyl (C=O) groups is 3. The maximum atomic E-state index is 12.4. The highest BCUT2D eigenvalue weighted by Gasteiger charge is 2.29. The van der Waals surface area contributed by atoms with E-state index in [1.54, 1.807) is 25.2 Å². The number of hydrogen-bond acceptors (Lipinski definition) is 3. The Bertz CT molecular complexity index is 662. The molecule has 2 rings (SSSR count). The first-order valence-corrected chi connectivity index (χ1v) is 8.19. The average Bonchev–Trinajstić information content (AvgIpc) is 2.56. The monoisotopic (exact) mass is 352 g/mol. The number of amides is 2. The van der Waals surface area contributed by atoms with E-state index in [2.05, 4.69) is 0 Å². The van der Waals surface area contributed by atoms with Crippen LogP contribution in [0, 0.1) is 12.8 Å². The highest BCUT2D eigenvalue weighted by atomic mass is 35.5. The van der Waals surface area contributed by atoms with E-state index in [4.69, 9.17) is 16.7 Å². The van der Waals surface area contributed by atoms with Gasteiger partial charge >= 0.3 is 5.97 Å². The van der Waals surface area contributed by atoms with Crippen LogP contribution in [0.1, 0.15) is 28.8 Å². The first-order chi connectivity index (χ1) is 11.3. The Kier molecular flexibility index (Phi) is 5.83. The van der Waals surface area contributed by atoms with Crippen LogP contribution in [0.25, 0.3) is 0 Å². The Balaban J connectivity index is 1.98. The topological polar surface area (TPSA) is 77.9 Å². The zero-order valence-corrected chi connectivity index (χ0v) is 14.5. The van der Waals surface area contributed by atoms with Crippen LogP contribution in [0.5, 0.6) is 0 Å². The summed E-state index contributed by atoms with van der Waals surface area (Å²) in [4.78, 5) is 38.7. The molecule has 24 heavy (non-hydrogen) atoms. The predicted molar refractivity (Wildman–Crippen MR) is 90.1 cm³/mol. The zero-order chi connectivity index (χ0) is 17.9. The number of rotatable bonds is 4. The number of hydrogen-bond donors (Lipinski definition) is 1. The minimum Gasteiger partial charge on any atom is -0.481 e. The highest BCUT2D eigenvalue weighted by Crippen LogP contribution is 2.19. The molecule has 1 aliphatic rings. The van der Waals surface area contributed by atoms with Gasteiger partial charge in [-0.25, -0.2) is 0 Å². The summed E-state index contributed by atoms with van der Waals surface area (Å²) in [7, 11) is 1.55. The number of nitrogens with zero attached hydrogens (tertiary/aromatic N) is 2. The minimum atomic E-state index is -0.883. The van der Waals surface area contributed by atoms with Crippen molar-refractivity contribution in [2.75, 3.05) is 26.7 Å². The molecule has 7 heteroatoms. The van der Waals surface area contributed by atoms with Gasteiger partial charge in [-0.15, -0.1) is 0 Å². The van der Waals surface area contributed by atoms with Crippen molar-refractivity contribution in [1.82, 2.24) is 9.80 Å². The van der Waals surface area contributed by atoms with Gasteiger partial charge in [0.05, 0.1) is 12.5 Å². The predicted octanol–water partition coefficient (Wildman–Crippen LogP) is 2.04. The number of likely N-dealkylation sites (N-methyl/N-ethyl adjacent to an activating group) is 1. The van der Waals surface area contributed by atoms with E-state index in [1.165, 1.54) is 9.80 Å². The van der Waals surface area contributed by atoms with Gasteiger partial charge in [0.25, 0.3) is 5.91 Å². The normalized spacial score (nSPS) is 17.5. The van der Waals surface area contributed by atoms with Crippen molar-refractivity contribution in [3.05, 3.63) is 34.3 Å². The quantitative estimate of drug-likeness (QED) is 0.899. The molecular formula is C17H21ClN2O4. The number of likely N-dealkylation sites (tertiary alicyclic amines) is 1. The van der Waals surface area contributed by atoms with Crippen LogP contribution in [-0.2, 0) is 9.59 Å². The fourth-order valence-corrected chi connectivity index (χ4v) is 2.91. The zero-order valence-electron chi connectivity index (χ0n) is 13.8. The number of carbonyl (C=O) groups excluding carboxylic acids is 2. The molecule has 1 aromatic rings. The number of aliphatic carboxylic acids is 1. The van der Waals surface area contributed by atoms with Gasteiger partial charge in [-0.1, -0.05) is 17.7 Å². The fourth-order valence-electron chi connectivity index (χ4n) is 2.73. The van der Waals surface area contributed by atoms with Crippen molar-refractivity contribution in [3.63, 3.8) is 0 Å². The maximum absolute atomic E-state index is 12.4. The molecule has 0 bridgehead atoms. The molecule has 0 aromatic heterocycles. The first-order valence-electron chi connectivity index (χ1n) is 7.81. The third kappa shape index (κ3) is 4.26. The molecule has 1 aliphatic heterocycles. The second-order valence-corrected chi connectivity index (χ2v) is 6.55. The lowest BCUT2D eigenvalue weighted by molar-refractivity contribution is -0.145. The number of benzene rings is 1. The van der Waals surface area contributed by atoms with Crippen molar-refractivity contribution in [3.8, 4) is 0 Å². The largest absolute Gasteiger partial charge is 0.481 e. The summed E-state index contributed by atoms with van der Waals surface area (Å²) in [5.74, 6) is -1.95. The molecule has 1 fully saturated rings. The lowest BCUT2D eigenvalue weighted by atomic mass is 9.98. The highest BCUT2D eigenvalue weighted by molar-refractivity contribution is 6.31. The van der Waals surface area contributed by atoms with E-state index >= 15 is 0 Å². The van der Waals surface area contributed by atoms with E-state index in [0.29, 0.717) is 30.0 Å². The Morgan fingerprint density at radius 2 is 2.08 bits per heavy atom. The SMILES string of the molecule is Cc1ccc(C(=O)N(C)CC(=O)N2CCCC(C(=O)O)C2)cc1Cl. The third-order valence-electron chi connectivity index (χ3n) is 4.26. The summed E-state index contributed by atoms with van der Waals surface area (Å²) < 4.78 is 0.